The number of hydrogen-bond acceptors (Lipinski definition) is 14. The first kappa shape index (κ1) is 61.3. The molecule has 412 valence electrons. The fourth-order valence-corrected chi connectivity index (χ4v) is 9.64. The van der Waals surface area contributed by atoms with Gasteiger partial charge in [0.05, 0.1) is 74.3 Å². The van der Waals surface area contributed by atoms with E-state index in [0.717, 1.165) is 36.0 Å². The quantitative estimate of drug-likeness (QED) is 0.0279. The molecule has 5 heterocycles. The average molecular weight is 1040 g/mol. The number of hydrogen-bond donors (Lipinski definition) is 5. The number of aliphatic hydroxyl groups is 1. The number of carboxylic acids is 2. The van der Waals surface area contributed by atoms with Crippen LogP contribution in [0.25, 0.3) is 0 Å². The minimum atomic E-state index is -0.941. The van der Waals surface area contributed by atoms with Gasteiger partial charge in [0, 0.05) is 32.4 Å². The number of aliphatic carboxylic acids is 2. The van der Waals surface area contributed by atoms with Gasteiger partial charge >= 0.3 is 23.9 Å². The summed E-state index contributed by atoms with van der Waals surface area (Å²) in [6.07, 6.45) is 18.5. The highest BCUT2D eigenvalue weighted by Crippen LogP contribution is 2.43. The number of nitrogens with one attached hydrogen (secondary N) is 2. The van der Waals surface area contributed by atoms with Crippen molar-refractivity contribution in [1.29, 1.82) is 0 Å². The van der Waals surface area contributed by atoms with Crippen molar-refractivity contribution in [3.63, 3.8) is 0 Å². The second-order valence-electron chi connectivity index (χ2n) is 20.7. The molecule has 16 atom stereocenters. The van der Waals surface area contributed by atoms with Gasteiger partial charge in [-0.3, -0.25) is 28.8 Å². The summed E-state index contributed by atoms with van der Waals surface area (Å²) in [5.74, 6) is -2.63. The summed E-state index contributed by atoms with van der Waals surface area (Å²) >= 11 is 0. The largest absolute Gasteiger partial charge is 0.481 e. The Bertz CT molecular complexity index is 2140. The molecule has 18 heteroatoms. The van der Waals surface area contributed by atoms with Gasteiger partial charge in [-0.25, -0.2) is 0 Å². The molecule has 74 heavy (non-hydrogen) atoms. The van der Waals surface area contributed by atoms with Gasteiger partial charge in [0.25, 0.3) is 0 Å². The highest BCUT2D eigenvalue weighted by Gasteiger charge is 2.58. The molecule has 0 aromatic rings. The Morgan fingerprint density at radius 1 is 0.689 bits per heavy atom. The molecular formula is C56H82N2O16. The molecule has 5 fully saturated rings. The van der Waals surface area contributed by atoms with Crippen molar-refractivity contribution in [2.24, 2.45) is 11.8 Å². The van der Waals surface area contributed by atoms with Crippen molar-refractivity contribution in [2.45, 2.75) is 212 Å². The molecule has 1 spiro atoms. The first-order valence-corrected chi connectivity index (χ1v) is 25.9. The lowest BCUT2D eigenvalue weighted by atomic mass is 9.87. The van der Waals surface area contributed by atoms with Gasteiger partial charge in [0.2, 0.25) is 11.8 Å². The topological polar surface area (TPSA) is 255 Å². The minimum Gasteiger partial charge on any atom is -0.481 e. The van der Waals surface area contributed by atoms with Gasteiger partial charge in [-0.05, 0) is 104 Å². The highest BCUT2D eigenvalue weighted by atomic mass is 16.6. The maximum Gasteiger partial charge on any atom is 0.305 e. The summed E-state index contributed by atoms with van der Waals surface area (Å²) in [5, 5.41) is 34.8. The third-order valence-electron chi connectivity index (χ3n) is 13.8. The zero-order chi connectivity index (χ0) is 54.9. The van der Waals surface area contributed by atoms with Crippen LogP contribution in [0, 0.1) is 11.8 Å². The number of carbonyl (C=O) groups excluding carboxylic acids is 4. The molecule has 5 saturated heterocycles. The van der Waals surface area contributed by atoms with Crippen LogP contribution < -0.4 is 10.6 Å². The lowest BCUT2D eigenvalue weighted by Gasteiger charge is -2.39. The number of esters is 2. The molecule has 2 amide bonds. The molecule has 0 bridgehead atoms. The molecule has 5 aliphatic rings. The van der Waals surface area contributed by atoms with E-state index < -0.39 is 54.0 Å². The van der Waals surface area contributed by atoms with E-state index in [9.17, 15) is 33.9 Å². The third-order valence-corrected chi connectivity index (χ3v) is 13.8. The summed E-state index contributed by atoms with van der Waals surface area (Å²) in [4.78, 5) is 68.7. The number of epoxide rings is 1. The summed E-state index contributed by atoms with van der Waals surface area (Å²) in [6.45, 7) is 22.6. The molecule has 0 unspecified atom stereocenters. The second kappa shape index (κ2) is 29.2. The molecule has 0 aromatic carbocycles. The lowest BCUT2D eigenvalue weighted by molar-refractivity contribution is -0.155. The Morgan fingerprint density at radius 2 is 1.15 bits per heavy atom. The maximum absolute atomic E-state index is 12.3. The zero-order valence-corrected chi connectivity index (χ0v) is 44.9. The smallest absolute Gasteiger partial charge is 0.305 e. The second-order valence-corrected chi connectivity index (χ2v) is 20.7. The normalized spacial score (nSPS) is 33.4. The Kier molecular flexibility index (Phi) is 24.2. The number of carboxylic acid groups (broad SMARTS) is 2. The van der Waals surface area contributed by atoms with Crippen LogP contribution >= 0.6 is 0 Å². The zero-order valence-electron chi connectivity index (χ0n) is 44.9. The van der Waals surface area contributed by atoms with Crippen molar-refractivity contribution in [3.8, 4) is 0 Å². The predicted octanol–water partition coefficient (Wildman–Crippen LogP) is 6.71. The van der Waals surface area contributed by atoms with Gasteiger partial charge in [0.15, 0.2) is 0 Å². The van der Waals surface area contributed by atoms with Gasteiger partial charge in [-0.15, -0.1) is 0 Å². The number of carbonyl (C=O) groups is 6. The highest BCUT2D eigenvalue weighted by molar-refractivity contribution is 5.88. The lowest BCUT2D eigenvalue weighted by Crippen LogP contribution is -2.50. The van der Waals surface area contributed by atoms with Gasteiger partial charge in [-0.2, -0.15) is 0 Å². The third kappa shape index (κ3) is 21.2. The van der Waals surface area contributed by atoms with Crippen molar-refractivity contribution < 1.29 is 77.2 Å². The predicted molar refractivity (Wildman–Crippen MR) is 275 cm³/mol. The molecule has 0 radical (unpaired) electrons. The molecule has 5 aliphatic heterocycles. The van der Waals surface area contributed by atoms with E-state index in [4.69, 9.17) is 43.4 Å². The van der Waals surface area contributed by atoms with E-state index in [1.807, 2.05) is 45.9 Å². The fraction of sp³-hybridized carbons (Fsp3) is 0.643. The van der Waals surface area contributed by atoms with E-state index in [1.165, 1.54) is 26.0 Å². The van der Waals surface area contributed by atoms with Crippen LogP contribution in [0.4, 0.5) is 0 Å². The number of allylic oxidation sites excluding steroid dienone is 4. The Hall–Kier alpha value is -5.24. The van der Waals surface area contributed by atoms with Crippen LogP contribution in [-0.4, -0.2) is 142 Å². The number of ether oxygens (including phenoxy) is 7. The summed E-state index contributed by atoms with van der Waals surface area (Å²) < 4.78 is 39.7. The van der Waals surface area contributed by atoms with Gasteiger partial charge < -0.3 is 59.1 Å². The molecule has 0 aromatic heterocycles. The van der Waals surface area contributed by atoms with Crippen molar-refractivity contribution >= 4 is 35.7 Å². The Morgan fingerprint density at radius 3 is 1.59 bits per heavy atom. The van der Waals surface area contributed by atoms with Crippen LogP contribution in [0.3, 0.4) is 0 Å². The Balaban J connectivity index is 0.000000321. The molecule has 5 N–H and O–H groups in total. The minimum absolute atomic E-state index is 0.0133. The van der Waals surface area contributed by atoms with E-state index in [1.54, 1.807) is 32.1 Å². The van der Waals surface area contributed by atoms with Gasteiger partial charge in [-0.1, -0.05) is 73.6 Å². The SMILES string of the molecule is C=C1C[C@@H](CC(=O)O)O[C@H](/C=C/C(C)=C/C[C@@H]2O[C@H](C)[C@H](NC(=O)/C=C\[C@H](C)OC(C)=O)C[C@@H]2C)C1.CC(=O)O[C@@H](C)/C=C\C(=O)N[C@@H]1C[C@H](C)[C@H](C/C=C(C)/C=C/[C@H]2O[C@H](CC(=O)O)C[C@@]3(CO3)[C@@H]2O)O[C@@H]1C. The standard InChI is InChI=1S/C28H41NO9.C28H41NO7/c1-16(7-10-24-27(34)28(15-35-28)14-21(38-24)13-26(32)33)6-9-23-17(2)12-22(19(4)37-23)29-25(31)11-8-18(3)36-20(5)30;1-17(7-10-23-13-18(2)14-24(36-23)16-28(32)33)8-11-26-19(3)15-25(21(5)35-26)29-27(31)12-9-20(4)34-22(6)30/h6-8,10-11,17-19,21-24,27,34H,9,12-15H2,1-5H3,(H,29,31)(H,32,33);7-10,12,19-21,23-26H,2,11,13-16H2,1,3-6H3,(H,29,31)(H,32,33)/b10-7+,11-8-,16-6+;10-7+,12-9-,17-8+/t17-,18-,19+,21+,22+,23-,24+,27+,28+;19-,20-,21+,23+,24-,25+,26-/m00/s1. The van der Waals surface area contributed by atoms with Crippen LogP contribution in [0.1, 0.15) is 127 Å². The summed E-state index contributed by atoms with van der Waals surface area (Å²) in [7, 11) is 0. The van der Waals surface area contributed by atoms with E-state index in [-0.39, 0.29) is 91.2 Å². The van der Waals surface area contributed by atoms with Crippen LogP contribution in [0.5, 0.6) is 0 Å². The molecular weight excluding hydrogens is 957 g/mol. The van der Waals surface area contributed by atoms with Crippen molar-refractivity contribution in [2.75, 3.05) is 6.61 Å². The van der Waals surface area contributed by atoms with E-state index in [0.29, 0.717) is 32.3 Å². The van der Waals surface area contributed by atoms with Crippen molar-refractivity contribution in [1.82, 2.24) is 10.6 Å². The van der Waals surface area contributed by atoms with Crippen LogP contribution in [0.2, 0.25) is 0 Å². The maximum atomic E-state index is 12.3. The van der Waals surface area contributed by atoms with E-state index in [2.05, 4.69) is 43.2 Å². The molecule has 18 nitrogen and oxygen atoms in total. The first-order chi connectivity index (χ1) is 34.8. The van der Waals surface area contributed by atoms with Crippen LogP contribution in [0.15, 0.2) is 84.1 Å². The van der Waals surface area contributed by atoms with Crippen LogP contribution in [-0.2, 0) is 61.9 Å². The molecule has 0 saturated carbocycles. The summed E-state index contributed by atoms with van der Waals surface area (Å²) in [6, 6.07) is -0.231. The number of aliphatic hydroxyl groups excluding tert-OH is 1. The average Bonchev–Trinajstić information content (AvgIpc) is 4.07. The fourth-order valence-electron chi connectivity index (χ4n) is 9.64. The van der Waals surface area contributed by atoms with E-state index >= 15 is 0 Å². The Labute approximate surface area is 436 Å². The first-order valence-electron chi connectivity index (χ1n) is 25.9. The molecule has 5 rings (SSSR count). The monoisotopic (exact) mass is 1040 g/mol. The van der Waals surface area contributed by atoms with Gasteiger partial charge in [0.1, 0.15) is 30.0 Å². The van der Waals surface area contributed by atoms with Crippen molar-refractivity contribution in [3.05, 3.63) is 84.1 Å². The molecule has 0 aliphatic carbocycles. The summed E-state index contributed by atoms with van der Waals surface area (Å²) in [5.41, 5.74) is 2.36. The number of rotatable bonds is 20. The number of amides is 2.